The van der Waals surface area contributed by atoms with Gasteiger partial charge < -0.3 is 9.67 Å². The van der Waals surface area contributed by atoms with Crippen LogP contribution in [0.15, 0.2) is 70.5 Å². The molecule has 1 atom stereocenters. The van der Waals surface area contributed by atoms with E-state index in [2.05, 4.69) is 87.7 Å². The number of aryl methyl sites for hydroxylation is 2. The van der Waals surface area contributed by atoms with Crippen LogP contribution in [-0.2, 0) is 11.2 Å². The van der Waals surface area contributed by atoms with Crippen LogP contribution in [0.4, 0.5) is 0 Å². The quantitative estimate of drug-likeness (QED) is 0.245. The van der Waals surface area contributed by atoms with Crippen LogP contribution in [0.2, 0.25) is 5.02 Å². The van der Waals surface area contributed by atoms with E-state index in [1.165, 1.54) is 27.0 Å². The van der Waals surface area contributed by atoms with E-state index in [1.54, 1.807) is 11.8 Å². The molecule has 0 aliphatic carbocycles. The van der Waals surface area contributed by atoms with Gasteiger partial charge in [0.15, 0.2) is 0 Å². The summed E-state index contributed by atoms with van der Waals surface area (Å²) in [5, 5.41) is 12.0. The molecule has 0 saturated carbocycles. The van der Waals surface area contributed by atoms with Crippen molar-refractivity contribution in [3.63, 3.8) is 0 Å². The zero-order valence-electron chi connectivity index (χ0n) is 22.7. The van der Waals surface area contributed by atoms with Gasteiger partial charge in [-0.25, -0.2) is 0 Å². The maximum absolute atomic E-state index is 12.3. The van der Waals surface area contributed by atoms with Crippen LogP contribution in [-0.4, -0.2) is 15.6 Å². The van der Waals surface area contributed by atoms with Crippen molar-refractivity contribution in [3.8, 4) is 0 Å². The lowest BCUT2D eigenvalue weighted by atomic mass is 9.87. The normalized spacial score (nSPS) is 12.9. The van der Waals surface area contributed by atoms with Crippen molar-refractivity contribution in [1.82, 2.24) is 4.57 Å². The molecule has 4 rings (SSSR count). The molecule has 3 aromatic carbocycles. The molecule has 3 nitrogen and oxygen atoms in total. The summed E-state index contributed by atoms with van der Waals surface area (Å²) in [5.74, 6) is -0.409. The predicted octanol–water partition coefficient (Wildman–Crippen LogP) is 9.45. The van der Waals surface area contributed by atoms with Gasteiger partial charge in [-0.15, -0.1) is 0 Å². The molecule has 1 N–H and O–H groups in total. The molecule has 0 radical (unpaired) electrons. The molecule has 0 spiro atoms. The number of hydrogen-bond donors (Lipinski definition) is 1. The van der Waals surface area contributed by atoms with Gasteiger partial charge in [0.1, 0.15) is 0 Å². The number of aromatic nitrogens is 1. The topological polar surface area (TPSA) is 42.2 Å². The summed E-state index contributed by atoms with van der Waals surface area (Å²) in [6.45, 7) is 14.5. The molecule has 1 heterocycles. The van der Waals surface area contributed by atoms with Crippen molar-refractivity contribution >= 4 is 40.2 Å². The number of carboxylic acid groups (broad SMARTS) is 1. The Labute approximate surface area is 229 Å². The molecule has 0 saturated heterocycles. The Morgan fingerprint density at radius 2 is 1.62 bits per heavy atom. The summed E-state index contributed by atoms with van der Waals surface area (Å²) in [5.41, 5.74) is 6.08. The fourth-order valence-electron chi connectivity index (χ4n) is 4.75. The number of fused-ring (bicyclic) bond motifs is 1. The summed E-state index contributed by atoms with van der Waals surface area (Å²) >= 11 is 7.96. The molecule has 4 aromatic rings. The van der Waals surface area contributed by atoms with Gasteiger partial charge in [-0.1, -0.05) is 67.5 Å². The maximum Gasteiger partial charge on any atom is 0.309 e. The molecule has 0 aliphatic rings. The van der Waals surface area contributed by atoms with E-state index in [-0.39, 0.29) is 6.04 Å². The van der Waals surface area contributed by atoms with Crippen LogP contribution in [0.5, 0.6) is 0 Å². The SMILES string of the molecule is Cc1ccc(C)c(Sc2c(CC(C)(C)C(=O)O)n(C(C)c3ccc(Cl)cc3)c3ccc(C(C)C)cc23)c1. The first kappa shape index (κ1) is 27.3. The molecule has 0 bridgehead atoms. The number of rotatable bonds is 8. The first-order chi connectivity index (χ1) is 17.4. The van der Waals surface area contributed by atoms with E-state index in [9.17, 15) is 9.90 Å². The molecule has 5 heteroatoms. The van der Waals surface area contributed by atoms with Gasteiger partial charge in [-0.3, -0.25) is 4.79 Å². The van der Waals surface area contributed by atoms with Crippen LogP contribution in [0.3, 0.4) is 0 Å². The van der Waals surface area contributed by atoms with E-state index < -0.39 is 11.4 Å². The third-order valence-electron chi connectivity index (χ3n) is 7.23. The van der Waals surface area contributed by atoms with Gasteiger partial charge in [0.25, 0.3) is 0 Å². The fraction of sp³-hybridized carbons (Fsp3) is 0.344. The van der Waals surface area contributed by atoms with Crippen LogP contribution < -0.4 is 0 Å². The Kier molecular flexibility index (Phi) is 7.83. The highest BCUT2D eigenvalue weighted by Gasteiger charge is 2.33. The number of carboxylic acids is 1. The number of hydrogen-bond acceptors (Lipinski definition) is 2. The lowest BCUT2D eigenvalue weighted by Gasteiger charge is -2.25. The predicted molar refractivity (Wildman–Crippen MR) is 156 cm³/mol. The molecule has 0 aliphatic heterocycles. The van der Waals surface area contributed by atoms with Crippen molar-refractivity contribution < 1.29 is 9.90 Å². The first-order valence-electron chi connectivity index (χ1n) is 12.8. The molecule has 0 amide bonds. The molecular weight excluding hydrogens is 498 g/mol. The minimum absolute atomic E-state index is 0.00258. The zero-order chi connectivity index (χ0) is 27.1. The number of aliphatic carboxylic acids is 1. The number of benzene rings is 3. The summed E-state index contributed by atoms with van der Waals surface area (Å²) in [6.07, 6.45) is 0.416. The van der Waals surface area contributed by atoms with Crippen LogP contribution in [0.1, 0.15) is 74.5 Å². The van der Waals surface area contributed by atoms with E-state index >= 15 is 0 Å². The van der Waals surface area contributed by atoms with E-state index in [0.29, 0.717) is 17.4 Å². The monoisotopic (exact) mass is 533 g/mol. The van der Waals surface area contributed by atoms with Crippen molar-refractivity contribution in [3.05, 3.63) is 93.6 Å². The van der Waals surface area contributed by atoms with Gasteiger partial charge in [0.2, 0.25) is 0 Å². The van der Waals surface area contributed by atoms with Gasteiger partial charge in [0, 0.05) is 37.8 Å². The maximum atomic E-state index is 12.3. The highest BCUT2D eigenvalue weighted by atomic mass is 35.5. The highest BCUT2D eigenvalue weighted by Crippen LogP contribution is 2.45. The van der Waals surface area contributed by atoms with E-state index in [4.69, 9.17) is 11.6 Å². The van der Waals surface area contributed by atoms with E-state index in [0.717, 1.165) is 21.7 Å². The second-order valence-electron chi connectivity index (χ2n) is 11.0. The lowest BCUT2D eigenvalue weighted by molar-refractivity contribution is -0.146. The summed E-state index contributed by atoms with van der Waals surface area (Å²) in [6, 6.07) is 21.2. The second kappa shape index (κ2) is 10.6. The number of nitrogens with zero attached hydrogens (tertiary/aromatic N) is 1. The minimum atomic E-state index is -0.927. The third kappa shape index (κ3) is 5.61. The molecule has 0 fully saturated rings. The van der Waals surface area contributed by atoms with Gasteiger partial charge in [-0.2, -0.15) is 0 Å². The first-order valence-corrected chi connectivity index (χ1v) is 14.0. The van der Waals surface area contributed by atoms with Gasteiger partial charge >= 0.3 is 5.97 Å². The van der Waals surface area contributed by atoms with Crippen LogP contribution in [0.25, 0.3) is 10.9 Å². The Bertz CT molecular complexity index is 1450. The Morgan fingerprint density at radius 3 is 2.24 bits per heavy atom. The number of carbonyl (C=O) groups is 1. The van der Waals surface area contributed by atoms with Crippen molar-refractivity contribution in [2.24, 2.45) is 5.41 Å². The zero-order valence-corrected chi connectivity index (χ0v) is 24.3. The standard InChI is InChI=1S/C32H36ClNO2S/c1-19(2)24-12-15-27-26(17-24)30(37-29-16-20(3)8-9-21(29)4)28(18-32(6,7)31(35)36)34(27)22(5)23-10-13-25(33)14-11-23/h8-17,19,22H,18H2,1-7H3,(H,35,36). The lowest BCUT2D eigenvalue weighted by Crippen LogP contribution is -2.28. The molecular formula is C32H36ClNO2S. The summed E-state index contributed by atoms with van der Waals surface area (Å²) in [4.78, 5) is 14.6. The average Bonchev–Trinajstić information content (AvgIpc) is 3.12. The second-order valence-corrected chi connectivity index (χ2v) is 12.5. The molecule has 194 valence electrons. The van der Waals surface area contributed by atoms with Crippen molar-refractivity contribution in [2.75, 3.05) is 0 Å². The largest absolute Gasteiger partial charge is 0.481 e. The van der Waals surface area contributed by atoms with Gasteiger partial charge in [0.05, 0.1) is 11.5 Å². The number of halogens is 1. The Balaban J connectivity index is 2.04. The summed E-state index contributed by atoms with van der Waals surface area (Å²) < 4.78 is 2.35. The minimum Gasteiger partial charge on any atom is -0.481 e. The molecule has 1 unspecified atom stereocenters. The van der Waals surface area contributed by atoms with Gasteiger partial charge in [-0.05, 0) is 93.1 Å². The Morgan fingerprint density at radius 1 is 0.973 bits per heavy atom. The highest BCUT2D eigenvalue weighted by molar-refractivity contribution is 7.99. The molecule has 1 aromatic heterocycles. The fourth-order valence-corrected chi connectivity index (χ4v) is 6.13. The van der Waals surface area contributed by atoms with Crippen LogP contribution >= 0.6 is 23.4 Å². The smallest absolute Gasteiger partial charge is 0.309 e. The Hall–Kier alpha value is -2.69. The summed E-state index contributed by atoms with van der Waals surface area (Å²) in [7, 11) is 0. The third-order valence-corrected chi connectivity index (χ3v) is 8.80. The van der Waals surface area contributed by atoms with Crippen molar-refractivity contribution in [1.29, 1.82) is 0 Å². The van der Waals surface area contributed by atoms with Crippen molar-refractivity contribution in [2.45, 2.75) is 76.6 Å². The van der Waals surface area contributed by atoms with E-state index in [1.807, 2.05) is 26.0 Å². The molecule has 37 heavy (non-hydrogen) atoms. The average molecular weight is 534 g/mol. The van der Waals surface area contributed by atoms with Crippen LogP contribution in [0, 0.1) is 19.3 Å².